The zero-order valence-electron chi connectivity index (χ0n) is 9.15. The lowest BCUT2D eigenvalue weighted by Crippen LogP contribution is -2.29. The van der Waals surface area contributed by atoms with Crippen molar-refractivity contribution in [3.63, 3.8) is 0 Å². The lowest BCUT2D eigenvalue weighted by atomic mass is 10.1. The van der Waals surface area contributed by atoms with Crippen molar-refractivity contribution in [2.75, 3.05) is 11.4 Å². The normalized spacial score (nSPS) is 13.6. The second kappa shape index (κ2) is 4.53. The predicted molar refractivity (Wildman–Crippen MR) is 59.3 cm³/mol. The van der Waals surface area contributed by atoms with Gasteiger partial charge in [0.1, 0.15) is 5.82 Å². The SMILES string of the molecule is O=C(O)CCC(=O)N1CCc2ccc(F)cc21. The van der Waals surface area contributed by atoms with Gasteiger partial charge in [0.2, 0.25) is 5.91 Å². The van der Waals surface area contributed by atoms with Crippen LogP contribution in [0.2, 0.25) is 0 Å². The molecule has 1 amide bonds. The molecule has 2 rings (SSSR count). The van der Waals surface area contributed by atoms with E-state index in [9.17, 15) is 14.0 Å². The molecule has 0 saturated heterocycles. The molecule has 1 heterocycles. The van der Waals surface area contributed by atoms with E-state index in [1.54, 1.807) is 6.07 Å². The molecule has 1 aromatic rings. The summed E-state index contributed by atoms with van der Waals surface area (Å²) in [5, 5.41) is 8.51. The van der Waals surface area contributed by atoms with Gasteiger partial charge in [-0.3, -0.25) is 9.59 Å². The summed E-state index contributed by atoms with van der Waals surface area (Å²) in [6.07, 6.45) is 0.444. The minimum absolute atomic E-state index is 0.0503. The second-order valence-corrected chi connectivity index (χ2v) is 3.96. The van der Waals surface area contributed by atoms with Crippen LogP contribution in [-0.2, 0) is 16.0 Å². The molecule has 0 saturated carbocycles. The fraction of sp³-hybridized carbons (Fsp3) is 0.333. The number of benzene rings is 1. The largest absolute Gasteiger partial charge is 0.481 e. The number of nitrogens with zero attached hydrogens (tertiary/aromatic N) is 1. The molecule has 1 aliphatic rings. The monoisotopic (exact) mass is 237 g/mol. The average Bonchev–Trinajstić information content (AvgIpc) is 2.68. The van der Waals surface area contributed by atoms with Gasteiger partial charge in [0, 0.05) is 18.7 Å². The molecule has 0 aliphatic carbocycles. The van der Waals surface area contributed by atoms with Gasteiger partial charge in [-0.05, 0) is 24.1 Å². The zero-order chi connectivity index (χ0) is 12.4. The van der Waals surface area contributed by atoms with E-state index in [-0.39, 0.29) is 24.6 Å². The van der Waals surface area contributed by atoms with E-state index in [0.717, 1.165) is 5.56 Å². The first-order chi connectivity index (χ1) is 8.08. The lowest BCUT2D eigenvalue weighted by Gasteiger charge is -2.16. The Bertz CT molecular complexity index is 473. The number of carbonyl (C=O) groups excluding carboxylic acids is 1. The van der Waals surface area contributed by atoms with Crippen LogP contribution < -0.4 is 4.90 Å². The van der Waals surface area contributed by atoms with Crippen molar-refractivity contribution in [3.8, 4) is 0 Å². The summed E-state index contributed by atoms with van der Waals surface area (Å²) in [5.41, 5.74) is 1.50. The quantitative estimate of drug-likeness (QED) is 0.868. The molecule has 0 radical (unpaired) electrons. The van der Waals surface area contributed by atoms with Crippen LogP contribution in [0.1, 0.15) is 18.4 Å². The van der Waals surface area contributed by atoms with Gasteiger partial charge in [-0.1, -0.05) is 6.07 Å². The first-order valence-electron chi connectivity index (χ1n) is 5.38. The number of fused-ring (bicyclic) bond motifs is 1. The van der Waals surface area contributed by atoms with E-state index in [4.69, 9.17) is 5.11 Å². The van der Waals surface area contributed by atoms with Gasteiger partial charge in [-0.15, -0.1) is 0 Å². The number of aliphatic carboxylic acids is 1. The highest BCUT2D eigenvalue weighted by molar-refractivity contribution is 5.96. The third-order valence-electron chi connectivity index (χ3n) is 2.80. The maximum absolute atomic E-state index is 13.1. The highest BCUT2D eigenvalue weighted by atomic mass is 19.1. The Morgan fingerprint density at radius 3 is 2.82 bits per heavy atom. The van der Waals surface area contributed by atoms with Crippen molar-refractivity contribution in [1.29, 1.82) is 0 Å². The zero-order valence-corrected chi connectivity index (χ0v) is 9.15. The molecule has 0 aromatic heterocycles. The Labute approximate surface area is 97.7 Å². The minimum atomic E-state index is -1.00. The third-order valence-corrected chi connectivity index (χ3v) is 2.80. The van der Waals surface area contributed by atoms with Gasteiger partial charge in [-0.25, -0.2) is 4.39 Å². The van der Waals surface area contributed by atoms with Crippen molar-refractivity contribution >= 4 is 17.6 Å². The van der Waals surface area contributed by atoms with Crippen molar-refractivity contribution in [3.05, 3.63) is 29.6 Å². The Morgan fingerprint density at radius 1 is 1.35 bits per heavy atom. The summed E-state index contributed by atoms with van der Waals surface area (Å²) < 4.78 is 13.1. The van der Waals surface area contributed by atoms with E-state index in [0.29, 0.717) is 18.7 Å². The Balaban J connectivity index is 2.13. The van der Waals surface area contributed by atoms with Crippen LogP contribution in [0.15, 0.2) is 18.2 Å². The number of anilines is 1. The minimum Gasteiger partial charge on any atom is -0.481 e. The van der Waals surface area contributed by atoms with Gasteiger partial charge in [0.25, 0.3) is 0 Å². The molecule has 90 valence electrons. The molecular formula is C12H12FNO3. The van der Waals surface area contributed by atoms with E-state index in [1.807, 2.05) is 0 Å². The Kier molecular flexibility index (Phi) is 3.08. The summed E-state index contributed by atoms with van der Waals surface area (Å²) in [6.45, 7) is 0.497. The van der Waals surface area contributed by atoms with Crippen LogP contribution >= 0.6 is 0 Å². The lowest BCUT2D eigenvalue weighted by molar-refractivity contribution is -0.138. The fourth-order valence-corrected chi connectivity index (χ4v) is 1.96. The summed E-state index contributed by atoms with van der Waals surface area (Å²) in [5.74, 6) is -1.66. The van der Waals surface area contributed by atoms with Crippen molar-refractivity contribution < 1.29 is 19.1 Å². The predicted octanol–water partition coefficient (Wildman–Crippen LogP) is 1.58. The topological polar surface area (TPSA) is 57.6 Å². The number of carboxylic acid groups (broad SMARTS) is 1. The van der Waals surface area contributed by atoms with Crippen LogP contribution in [0.5, 0.6) is 0 Å². The molecule has 1 aliphatic heterocycles. The molecule has 4 nitrogen and oxygen atoms in total. The van der Waals surface area contributed by atoms with E-state index < -0.39 is 5.97 Å². The van der Waals surface area contributed by atoms with Crippen molar-refractivity contribution in [1.82, 2.24) is 0 Å². The van der Waals surface area contributed by atoms with E-state index >= 15 is 0 Å². The number of rotatable bonds is 3. The summed E-state index contributed by atoms with van der Waals surface area (Å²) in [7, 11) is 0. The maximum atomic E-state index is 13.1. The van der Waals surface area contributed by atoms with Crippen LogP contribution in [0.3, 0.4) is 0 Å². The third kappa shape index (κ3) is 2.43. The number of carbonyl (C=O) groups is 2. The van der Waals surface area contributed by atoms with Gasteiger partial charge in [0.05, 0.1) is 6.42 Å². The second-order valence-electron chi connectivity index (χ2n) is 3.96. The molecule has 0 unspecified atom stereocenters. The van der Waals surface area contributed by atoms with Crippen LogP contribution in [0, 0.1) is 5.82 Å². The number of carboxylic acids is 1. The molecule has 0 spiro atoms. The standard InChI is InChI=1S/C12H12FNO3/c13-9-2-1-8-5-6-14(10(8)7-9)11(15)3-4-12(16)17/h1-2,7H,3-6H2,(H,16,17). The summed E-state index contributed by atoms with van der Waals surface area (Å²) in [6, 6.07) is 4.35. The average molecular weight is 237 g/mol. The number of hydrogen-bond acceptors (Lipinski definition) is 2. The van der Waals surface area contributed by atoms with E-state index in [2.05, 4.69) is 0 Å². The first-order valence-corrected chi connectivity index (χ1v) is 5.38. The molecule has 17 heavy (non-hydrogen) atoms. The maximum Gasteiger partial charge on any atom is 0.303 e. The fourth-order valence-electron chi connectivity index (χ4n) is 1.96. The van der Waals surface area contributed by atoms with Gasteiger partial charge < -0.3 is 10.0 Å². The summed E-state index contributed by atoms with van der Waals surface area (Å²) >= 11 is 0. The van der Waals surface area contributed by atoms with E-state index in [1.165, 1.54) is 17.0 Å². The summed E-state index contributed by atoms with van der Waals surface area (Å²) in [4.78, 5) is 23.6. The van der Waals surface area contributed by atoms with Crippen molar-refractivity contribution in [2.45, 2.75) is 19.3 Å². The van der Waals surface area contributed by atoms with Crippen LogP contribution in [0.25, 0.3) is 0 Å². The Hall–Kier alpha value is -1.91. The smallest absolute Gasteiger partial charge is 0.303 e. The first kappa shape index (κ1) is 11.6. The van der Waals surface area contributed by atoms with Gasteiger partial charge in [0.15, 0.2) is 0 Å². The molecule has 0 fully saturated rings. The number of halogens is 1. The number of hydrogen-bond donors (Lipinski definition) is 1. The van der Waals surface area contributed by atoms with Crippen LogP contribution in [0.4, 0.5) is 10.1 Å². The molecule has 5 heteroatoms. The molecule has 0 bridgehead atoms. The van der Waals surface area contributed by atoms with Gasteiger partial charge >= 0.3 is 5.97 Å². The van der Waals surface area contributed by atoms with Gasteiger partial charge in [-0.2, -0.15) is 0 Å². The molecule has 1 aromatic carbocycles. The molecule has 0 atom stereocenters. The molecular weight excluding hydrogens is 225 g/mol. The molecule has 1 N–H and O–H groups in total. The van der Waals surface area contributed by atoms with Crippen molar-refractivity contribution in [2.24, 2.45) is 0 Å². The highest BCUT2D eigenvalue weighted by Crippen LogP contribution is 2.29. The highest BCUT2D eigenvalue weighted by Gasteiger charge is 2.24. The number of amides is 1. The van der Waals surface area contributed by atoms with Crippen LogP contribution in [-0.4, -0.2) is 23.5 Å². The Morgan fingerprint density at radius 2 is 2.12 bits per heavy atom.